The number of likely N-dealkylation sites (tertiary alicyclic amines) is 1. The van der Waals surface area contributed by atoms with E-state index in [1.807, 2.05) is 0 Å². The summed E-state index contributed by atoms with van der Waals surface area (Å²) in [5, 5.41) is 12.1. The number of benzene rings is 1. The molecule has 0 saturated carbocycles. The minimum Gasteiger partial charge on any atom is -0.339 e. The molecule has 3 aromatic rings. The van der Waals surface area contributed by atoms with Gasteiger partial charge in [0.15, 0.2) is 5.69 Å². The SMILES string of the molecule is Cc1nc(-c2cn(C3CCCN(C(=O)c4ccc(F)cc4)C3)nn2)no1. The van der Waals surface area contributed by atoms with E-state index in [2.05, 4.69) is 20.5 Å². The largest absolute Gasteiger partial charge is 0.339 e. The summed E-state index contributed by atoms with van der Waals surface area (Å²) in [6.45, 7) is 2.89. The van der Waals surface area contributed by atoms with Crippen molar-refractivity contribution in [2.45, 2.75) is 25.8 Å². The van der Waals surface area contributed by atoms with Crippen LogP contribution in [0.1, 0.15) is 35.1 Å². The Morgan fingerprint density at radius 3 is 2.85 bits per heavy atom. The van der Waals surface area contributed by atoms with Crippen molar-refractivity contribution in [3.8, 4) is 11.5 Å². The van der Waals surface area contributed by atoms with E-state index in [1.54, 1.807) is 22.7 Å². The number of carbonyl (C=O) groups is 1. The van der Waals surface area contributed by atoms with E-state index >= 15 is 0 Å². The monoisotopic (exact) mass is 356 g/mol. The summed E-state index contributed by atoms with van der Waals surface area (Å²) >= 11 is 0. The van der Waals surface area contributed by atoms with Crippen LogP contribution in [0.15, 0.2) is 35.0 Å². The molecule has 26 heavy (non-hydrogen) atoms. The number of aromatic nitrogens is 5. The van der Waals surface area contributed by atoms with Gasteiger partial charge < -0.3 is 9.42 Å². The van der Waals surface area contributed by atoms with Gasteiger partial charge in [-0.15, -0.1) is 5.10 Å². The maximum atomic E-state index is 13.1. The van der Waals surface area contributed by atoms with E-state index in [0.717, 1.165) is 12.8 Å². The molecule has 4 rings (SSSR count). The third-order valence-corrected chi connectivity index (χ3v) is 4.42. The van der Waals surface area contributed by atoms with Crippen LogP contribution < -0.4 is 0 Å². The molecule has 8 nitrogen and oxygen atoms in total. The summed E-state index contributed by atoms with van der Waals surface area (Å²) < 4.78 is 19.8. The minimum absolute atomic E-state index is 0.0161. The molecule has 2 aromatic heterocycles. The van der Waals surface area contributed by atoms with E-state index in [-0.39, 0.29) is 17.8 Å². The van der Waals surface area contributed by atoms with E-state index < -0.39 is 0 Å². The van der Waals surface area contributed by atoms with Gasteiger partial charge in [0, 0.05) is 25.6 Å². The van der Waals surface area contributed by atoms with Crippen LogP contribution in [0.3, 0.4) is 0 Å². The Hall–Kier alpha value is -3.10. The van der Waals surface area contributed by atoms with Crippen molar-refractivity contribution in [1.82, 2.24) is 30.0 Å². The molecule has 1 saturated heterocycles. The molecule has 0 aliphatic carbocycles. The second-order valence-electron chi connectivity index (χ2n) is 6.27. The lowest BCUT2D eigenvalue weighted by atomic mass is 10.0. The molecule has 1 fully saturated rings. The van der Waals surface area contributed by atoms with Crippen molar-refractivity contribution >= 4 is 5.91 Å². The number of piperidine rings is 1. The Labute approximate surface area is 148 Å². The molecule has 1 aromatic carbocycles. The van der Waals surface area contributed by atoms with E-state index in [0.29, 0.717) is 36.1 Å². The Morgan fingerprint density at radius 2 is 2.12 bits per heavy atom. The molecule has 0 bridgehead atoms. The molecule has 1 amide bonds. The number of carbonyl (C=O) groups excluding carboxylic acids is 1. The highest BCUT2D eigenvalue weighted by atomic mass is 19.1. The lowest BCUT2D eigenvalue weighted by Gasteiger charge is -2.32. The molecular weight excluding hydrogens is 339 g/mol. The summed E-state index contributed by atoms with van der Waals surface area (Å²) in [7, 11) is 0. The predicted molar refractivity (Wildman–Crippen MR) is 88.6 cm³/mol. The number of amides is 1. The van der Waals surface area contributed by atoms with Gasteiger partial charge in [-0.25, -0.2) is 9.07 Å². The zero-order chi connectivity index (χ0) is 18.1. The first-order valence-corrected chi connectivity index (χ1v) is 8.37. The van der Waals surface area contributed by atoms with Crippen molar-refractivity contribution < 1.29 is 13.7 Å². The molecule has 1 aliphatic heterocycles. The van der Waals surface area contributed by atoms with Gasteiger partial charge in [0.2, 0.25) is 11.7 Å². The minimum atomic E-state index is -0.357. The number of halogens is 1. The van der Waals surface area contributed by atoms with Crippen LogP contribution in [-0.2, 0) is 0 Å². The van der Waals surface area contributed by atoms with Gasteiger partial charge >= 0.3 is 0 Å². The summed E-state index contributed by atoms with van der Waals surface area (Å²) in [5.41, 5.74) is 1.01. The predicted octanol–water partition coefficient (Wildman–Crippen LogP) is 2.25. The second kappa shape index (κ2) is 6.66. The zero-order valence-electron chi connectivity index (χ0n) is 14.2. The summed E-state index contributed by atoms with van der Waals surface area (Å²) in [6, 6.07) is 5.62. The first kappa shape index (κ1) is 16.4. The van der Waals surface area contributed by atoms with Gasteiger partial charge in [-0.2, -0.15) is 4.98 Å². The lowest BCUT2D eigenvalue weighted by Crippen LogP contribution is -2.40. The molecule has 1 unspecified atom stereocenters. The van der Waals surface area contributed by atoms with Crippen LogP contribution in [0.5, 0.6) is 0 Å². The number of hydrogen-bond acceptors (Lipinski definition) is 6. The molecular formula is C17H17FN6O2. The van der Waals surface area contributed by atoms with Gasteiger partial charge in [0.25, 0.3) is 5.91 Å². The summed E-state index contributed by atoms with van der Waals surface area (Å²) in [5.74, 6) is 0.390. The van der Waals surface area contributed by atoms with Crippen LogP contribution in [0, 0.1) is 12.7 Å². The van der Waals surface area contributed by atoms with Crippen molar-refractivity contribution in [2.75, 3.05) is 13.1 Å². The second-order valence-corrected chi connectivity index (χ2v) is 6.27. The fourth-order valence-electron chi connectivity index (χ4n) is 3.09. The average Bonchev–Trinajstić information content (AvgIpc) is 3.31. The maximum absolute atomic E-state index is 13.1. The van der Waals surface area contributed by atoms with Gasteiger partial charge in [-0.05, 0) is 37.1 Å². The highest BCUT2D eigenvalue weighted by Gasteiger charge is 2.27. The van der Waals surface area contributed by atoms with E-state index in [9.17, 15) is 9.18 Å². The van der Waals surface area contributed by atoms with Gasteiger partial charge in [0.05, 0.1) is 12.2 Å². The van der Waals surface area contributed by atoms with Gasteiger partial charge in [-0.3, -0.25) is 4.79 Å². The number of nitrogens with zero attached hydrogens (tertiary/aromatic N) is 6. The third kappa shape index (κ3) is 3.19. The molecule has 9 heteroatoms. The maximum Gasteiger partial charge on any atom is 0.253 e. The Kier molecular flexibility index (Phi) is 4.19. The smallest absolute Gasteiger partial charge is 0.253 e. The number of hydrogen-bond donors (Lipinski definition) is 0. The topological polar surface area (TPSA) is 89.9 Å². The van der Waals surface area contributed by atoms with Crippen LogP contribution in [-0.4, -0.2) is 49.0 Å². The van der Waals surface area contributed by atoms with Crippen molar-refractivity contribution in [3.05, 3.63) is 47.7 Å². The Balaban J connectivity index is 1.49. The Morgan fingerprint density at radius 1 is 1.31 bits per heavy atom. The van der Waals surface area contributed by atoms with Crippen molar-refractivity contribution in [1.29, 1.82) is 0 Å². The zero-order valence-corrected chi connectivity index (χ0v) is 14.2. The van der Waals surface area contributed by atoms with Crippen LogP contribution in [0.25, 0.3) is 11.5 Å². The third-order valence-electron chi connectivity index (χ3n) is 4.42. The normalized spacial score (nSPS) is 17.5. The number of aryl methyl sites for hydroxylation is 1. The van der Waals surface area contributed by atoms with Crippen LogP contribution in [0.2, 0.25) is 0 Å². The highest BCUT2D eigenvalue weighted by Crippen LogP contribution is 2.24. The molecule has 134 valence electrons. The van der Waals surface area contributed by atoms with E-state index in [4.69, 9.17) is 4.52 Å². The summed E-state index contributed by atoms with van der Waals surface area (Å²) in [4.78, 5) is 18.5. The van der Waals surface area contributed by atoms with Crippen LogP contribution in [0.4, 0.5) is 4.39 Å². The standard InChI is InChI=1S/C17H17FN6O2/c1-11-19-16(21-26-11)15-10-24(22-20-15)14-3-2-8-23(9-14)17(25)12-4-6-13(18)7-5-12/h4-7,10,14H,2-3,8-9H2,1H3. The molecule has 1 atom stereocenters. The highest BCUT2D eigenvalue weighted by molar-refractivity contribution is 5.94. The lowest BCUT2D eigenvalue weighted by molar-refractivity contribution is 0.0672. The molecule has 3 heterocycles. The van der Waals surface area contributed by atoms with Crippen molar-refractivity contribution in [3.63, 3.8) is 0 Å². The molecule has 1 aliphatic rings. The molecule has 0 spiro atoms. The number of rotatable bonds is 3. The fraction of sp³-hybridized carbons (Fsp3) is 0.353. The first-order chi connectivity index (χ1) is 12.6. The Bertz CT molecular complexity index is 919. The first-order valence-electron chi connectivity index (χ1n) is 8.37. The fourth-order valence-corrected chi connectivity index (χ4v) is 3.09. The van der Waals surface area contributed by atoms with Crippen molar-refractivity contribution in [2.24, 2.45) is 0 Å². The molecule has 0 N–H and O–H groups in total. The van der Waals surface area contributed by atoms with Crippen LogP contribution >= 0.6 is 0 Å². The van der Waals surface area contributed by atoms with Gasteiger partial charge in [-0.1, -0.05) is 10.4 Å². The summed E-state index contributed by atoms with van der Waals surface area (Å²) in [6.07, 6.45) is 3.51. The molecule has 0 radical (unpaired) electrons. The van der Waals surface area contributed by atoms with E-state index in [1.165, 1.54) is 24.3 Å². The van der Waals surface area contributed by atoms with Gasteiger partial charge in [0.1, 0.15) is 5.82 Å². The average molecular weight is 356 g/mol. The quantitative estimate of drug-likeness (QED) is 0.715.